The number of aliphatic hydroxyl groups excluding tert-OH is 1. The highest BCUT2D eigenvalue weighted by atomic mass is 32.1. The molecule has 0 saturated carbocycles. The summed E-state index contributed by atoms with van der Waals surface area (Å²) >= 11 is 1.52. The fourth-order valence-corrected chi connectivity index (χ4v) is 3.71. The van der Waals surface area contributed by atoms with Gasteiger partial charge in [-0.05, 0) is 34.6 Å². The monoisotopic (exact) mass is 340 g/mol. The van der Waals surface area contributed by atoms with Crippen molar-refractivity contribution in [2.24, 2.45) is 0 Å². The molecule has 2 heterocycles. The van der Waals surface area contributed by atoms with E-state index in [4.69, 9.17) is 0 Å². The van der Waals surface area contributed by atoms with Gasteiger partial charge in [0.2, 0.25) is 5.91 Å². The molecule has 130 valence electrons. The van der Waals surface area contributed by atoms with Gasteiger partial charge in [0.15, 0.2) is 5.13 Å². The summed E-state index contributed by atoms with van der Waals surface area (Å²) in [6.45, 7) is 13.1. The van der Waals surface area contributed by atoms with Crippen molar-refractivity contribution < 1.29 is 9.90 Å². The summed E-state index contributed by atoms with van der Waals surface area (Å²) < 4.78 is 0. The third-order valence-electron chi connectivity index (χ3n) is 4.48. The van der Waals surface area contributed by atoms with Crippen molar-refractivity contribution in [3.8, 4) is 0 Å². The first-order valence-corrected chi connectivity index (χ1v) is 9.00. The van der Waals surface area contributed by atoms with E-state index in [1.165, 1.54) is 11.3 Å². The van der Waals surface area contributed by atoms with Crippen molar-refractivity contribution in [1.82, 2.24) is 14.8 Å². The molecule has 0 aliphatic carbocycles. The van der Waals surface area contributed by atoms with Crippen LogP contribution < -0.4 is 5.32 Å². The number of thiazole rings is 1. The highest BCUT2D eigenvalue weighted by Crippen LogP contribution is 2.22. The van der Waals surface area contributed by atoms with E-state index < -0.39 is 0 Å². The average Bonchev–Trinajstić information content (AvgIpc) is 2.78. The minimum Gasteiger partial charge on any atom is -0.392 e. The minimum absolute atomic E-state index is 0.00470. The molecule has 1 amide bonds. The maximum absolute atomic E-state index is 12.5. The van der Waals surface area contributed by atoms with Gasteiger partial charge >= 0.3 is 0 Å². The molecule has 2 rings (SSSR count). The molecule has 0 unspecified atom stereocenters. The number of aromatic nitrogens is 1. The van der Waals surface area contributed by atoms with E-state index in [0.29, 0.717) is 17.7 Å². The molecular formula is C16H28N4O2S. The number of nitrogens with zero attached hydrogens (tertiary/aromatic N) is 3. The molecule has 0 radical (unpaired) electrons. The van der Waals surface area contributed by atoms with Gasteiger partial charge in [-0.2, -0.15) is 0 Å². The highest BCUT2D eigenvalue weighted by Gasteiger charge is 2.30. The van der Waals surface area contributed by atoms with E-state index in [1.807, 2.05) is 27.7 Å². The molecule has 1 saturated heterocycles. The van der Waals surface area contributed by atoms with Crippen LogP contribution in [0.25, 0.3) is 0 Å². The Kier molecular flexibility index (Phi) is 6.13. The van der Waals surface area contributed by atoms with Crippen LogP contribution in [0.15, 0.2) is 0 Å². The third kappa shape index (κ3) is 4.73. The second kappa shape index (κ2) is 7.70. The van der Waals surface area contributed by atoms with Crippen LogP contribution in [0.2, 0.25) is 0 Å². The van der Waals surface area contributed by atoms with Gasteiger partial charge in [0.05, 0.1) is 17.8 Å². The molecule has 1 fully saturated rings. The first kappa shape index (κ1) is 18.3. The molecule has 0 bridgehead atoms. The van der Waals surface area contributed by atoms with Gasteiger partial charge in [-0.25, -0.2) is 4.98 Å². The Morgan fingerprint density at radius 2 is 2.13 bits per heavy atom. The van der Waals surface area contributed by atoms with Crippen LogP contribution in [-0.2, 0) is 4.79 Å². The molecule has 6 nitrogen and oxygen atoms in total. The summed E-state index contributed by atoms with van der Waals surface area (Å²) in [5, 5.41) is 13.2. The van der Waals surface area contributed by atoms with Crippen LogP contribution in [0.5, 0.6) is 0 Å². The first-order chi connectivity index (χ1) is 10.8. The highest BCUT2D eigenvalue weighted by molar-refractivity contribution is 7.15. The number of carbonyl (C=O) groups is 1. The average molecular weight is 340 g/mol. The van der Waals surface area contributed by atoms with E-state index in [1.54, 1.807) is 0 Å². The van der Waals surface area contributed by atoms with Crippen molar-refractivity contribution in [3.05, 3.63) is 10.6 Å². The maximum Gasteiger partial charge on any atom is 0.243 e. The number of nitrogens with one attached hydrogen (secondary N) is 1. The van der Waals surface area contributed by atoms with E-state index in [2.05, 4.69) is 27.0 Å². The molecule has 1 aromatic heterocycles. The van der Waals surface area contributed by atoms with Crippen molar-refractivity contribution >= 4 is 22.4 Å². The quantitative estimate of drug-likeness (QED) is 0.850. The van der Waals surface area contributed by atoms with Gasteiger partial charge < -0.3 is 10.4 Å². The predicted molar refractivity (Wildman–Crippen MR) is 94.0 cm³/mol. The van der Waals surface area contributed by atoms with Crippen LogP contribution in [0, 0.1) is 13.8 Å². The van der Waals surface area contributed by atoms with Gasteiger partial charge in [-0.15, -0.1) is 11.3 Å². The molecule has 2 N–H and O–H groups in total. The summed E-state index contributed by atoms with van der Waals surface area (Å²) in [6.07, 6.45) is -0.318. The summed E-state index contributed by atoms with van der Waals surface area (Å²) in [5.41, 5.74) is 0.971. The van der Waals surface area contributed by atoms with Crippen LogP contribution in [0.1, 0.15) is 31.3 Å². The molecule has 3 atom stereocenters. The molecule has 1 aliphatic rings. The number of anilines is 1. The summed E-state index contributed by atoms with van der Waals surface area (Å²) in [6, 6.07) is 0.147. The number of β-amino-alcohol motifs (C(OH)–C–C–N with tert-alkyl or cyclic N) is 1. The van der Waals surface area contributed by atoms with Crippen LogP contribution >= 0.6 is 11.3 Å². The maximum atomic E-state index is 12.5. The standard InChI is InChI=1S/C16H28N4O2S/c1-10-8-20(7-6-19(10)9-11(2)21)13(4)15(22)18-16-17-12(3)14(5)23-16/h10-11,13,21H,6-9H2,1-5H3,(H,17,18,22)/t10-,11+,13+/m1/s1. The van der Waals surface area contributed by atoms with Gasteiger partial charge in [0.25, 0.3) is 0 Å². The van der Waals surface area contributed by atoms with Crippen molar-refractivity contribution in [2.45, 2.75) is 52.8 Å². The predicted octanol–water partition coefficient (Wildman–Crippen LogP) is 1.47. The zero-order valence-corrected chi connectivity index (χ0v) is 15.5. The largest absolute Gasteiger partial charge is 0.392 e. The second-order valence-corrected chi connectivity index (χ2v) is 7.72. The van der Waals surface area contributed by atoms with Gasteiger partial charge in [-0.1, -0.05) is 0 Å². The van der Waals surface area contributed by atoms with Crippen LogP contribution in [0.3, 0.4) is 0 Å². The second-order valence-electron chi connectivity index (χ2n) is 6.51. The SMILES string of the molecule is Cc1nc(NC(=O)[C@H](C)N2CCN(C[C@H](C)O)[C@H](C)C2)sc1C. The van der Waals surface area contributed by atoms with Crippen molar-refractivity contribution in [2.75, 3.05) is 31.5 Å². The molecule has 7 heteroatoms. The number of amides is 1. The van der Waals surface area contributed by atoms with Crippen LogP contribution in [-0.4, -0.2) is 70.2 Å². The van der Waals surface area contributed by atoms with Gasteiger partial charge in [0, 0.05) is 37.1 Å². The van der Waals surface area contributed by atoms with E-state index >= 15 is 0 Å². The number of aryl methyl sites for hydroxylation is 2. The number of carbonyl (C=O) groups excluding carboxylic acids is 1. The van der Waals surface area contributed by atoms with Crippen molar-refractivity contribution in [3.63, 3.8) is 0 Å². The van der Waals surface area contributed by atoms with Crippen molar-refractivity contribution in [1.29, 1.82) is 0 Å². The number of hydrogen-bond acceptors (Lipinski definition) is 6. The van der Waals surface area contributed by atoms with E-state index in [9.17, 15) is 9.90 Å². The lowest BCUT2D eigenvalue weighted by molar-refractivity contribution is -0.122. The molecule has 1 aliphatic heterocycles. The lowest BCUT2D eigenvalue weighted by Gasteiger charge is -2.42. The molecule has 1 aromatic rings. The Balaban J connectivity index is 1.90. The fourth-order valence-electron chi connectivity index (χ4n) is 2.89. The first-order valence-electron chi connectivity index (χ1n) is 8.19. The molecule has 0 spiro atoms. The fraction of sp³-hybridized carbons (Fsp3) is 0.750. The molecular weight excluding hydrogens is 312 g/mol. The zero-order valence-electron chi connectivity index (χ0n) is 14.7. The van der Waals surface area contributed by atoms with Gasteiger partial charge in [-0.3, -0.25) is 14.6 Å². The summed E-state index contributed by atoms with van der Waals surface area (Å²) in [7, 11) is 0. The number of aliphatic hydroxyl groups is 1. The number of hydrogen-bond donors (Lipinski definition) is 2. The van der Waals surface area contributed by atoms with E-state index in [-0.39, 0.29) is 18.1 Å². The number of rotatable bonds is 5. The zero-order chi connectivity index (χ0) is 17.1. The Morgan fingerprint density at radius 3 is 2.65 bits per heavy atom. The topological polar surface area (TPSA) is 68.7 Å². The Morgan fingerprint density at radius 1 is 1.43 bits per heavy atom. The Bertz CT molecular complexity index is 527. The Labute approximate surface area is 142 Å². The summed E-state index contributed by atoms with van der Waals surface area (Å²) in [4.78, 5) is 22.4. The molecule has 0 aromatic carbocycles. The summed E-state index contributed by atoms with van der Waals surface area (Å²) in [5.74, 6) is -0.00470. The smallest absolute Gasteiger partial charge is 0.243 e. The normalized spacial score (nSPS) is 22.8. The van der Waals surface area contributed by atoms with Crippen LogP contribution in [0.4, 0.5) is 5.13 Å². The number of piperazine rings is 1. The lowest BCUT2D eigenvalue weighted by Crippen LogP contribution is -2.57. The third-order valence-corrected chi connectivity index (χ3v) is 5.47. The Hall–Kier alpha value is -1.02. The van der Waals surface area contributed by atoms with Gasteiger partial charge in [0.1, 0.15) is 0 Å². The lowest BCUT2D eigenvalue weighted by atomic mass is 10.1. The van der Waals surface area contributed by atoms with E-state index in [0.717, 1.165) is 30.2 Å². The minimum atomic E-state index is -0.318. The molecule has 23 heavy (non-hydrogen) atoms.